The first-order valence-electron chi connectivity index (χ1n) is 5.95. The second kappa shape index (κ2) is 12.3. The number of rotatable bonds is 9. The number of carboxylic acid groups (broad SMARTS) is 1. The molecule has 1 N–H and O–H groups in total. The molecule has 3 heteroatoms. The predicted octanol–water partition coefficient (Wildman–Crippen LogP) is 3.69. The minimum atomic E-state index is -0.602. The van der Waals surface area contributed by atoms with Gasteiger partial charge in [0, 0.05) is 0 Å². The number of hydrogen-bond acceptors (Lipinski definition) is 1. The van der Waals surface area contributed by atoms with Crippen molar-refractivity contribution in [2.75, 3.05) is 0 Å². The van der Waals surface area contributed by atoms with Crippen molar-refractivity contribution in [1.29, 1.82) is 0 Å². The van der Waals surface area contributed by atoms with Gasteiger partial charge in [0.25, 0.3) is 0 Å². The first-order chi connectivity index (χ1) is 6.72. The van der Waals surface area contributed by atoms with Crippen LogP contribution in [-0.4, -0.2) is 34.1 Å². The molecule has 0 aromatic carbocycles. The molecule has 0 bridgehead atoms. The summed E-state index contributed by atoms with van der Waals surface area (Å²) in [5, 5.41) is 8.96. The number of carbonyl (C=O) groups is 1. The van der Waals surface area contributed by atoms with Gasteiger partial charge in [0.1, 0.15) is 0 Å². The standard InChI is InChI=1S/C12H24O2.Mg.2H/c1-3-5-7-8-10-11(12(13)14)9-6-4-2;;;/h11H,3-10H2,1-2H3,(H,13,14);;;/q;+2;2*-1. The van der Waals surface area contributed by atoms with Gasteiger partial charge < -0.3 is 7.96 Å². The van der Waals surface area contributed by atoms with Crippen LogP contribution < -0.4 is 0 Å². The molecule has 0 spiro atoms. The Labute approximate surface area is 113 Å². The van der Waals surface area contributed by atoms with Crippen LogP contribution in [-0.2, 0) is 4.79 Å². The van der Waals surface area contributed by atoms with E-state index >= 15 is 0 Å². The smallest absolute Gasteiger partial charge is 1.00 e. The molecule has 0 saturated carbocycles. The SMILES string of the molecule is CCCCCCC(CCCC)C(=O)O.[H-].[H-].[Mg+2]. The zero-order valence-corrected chi connectivity index (χ0v) is 11.7. The molecular formula is C12H26MgO2. The van der Waals surface area contributed by atoms with E-state index in [0.717, 1.165) is 32.1 Å². The predicted molar refractivity (Wildman–Crippen MR) is 67.4 cm³/mol. The summed E-state index contributed by atoms with van der Waals surface area (Å²) in [7, 11) is 0. The minimum absolute atomic E-state index is 0. The Balaban J connectivity index is -0.000000282. The van der Waals surface area contributed by atoms with E-state index in [1.807, 2.05) is 0 Å². The quantitative estimate of drug-likeness (QED) is 0.481. The Bertz CT molecular complexity index is 157. The van der Waals surface area contributed by atoms with Crippen molar-refractivity contribution in [3.05, 3.63) is 0 Å². The number of unbranched alkanes of at least 4 members (excludes halogenated alkanes) is 4. The fourth-order valence-electron chi connectivity index (χ4n) is 1.66. The van der Waals surface area contributed by atoms with E-state index in [-0.39, 0.29) is 31.8 Å². The molecule has 0 rings (SSSR count). The molecule has 0 fully saturated rings. The van der Waals surface area contributed by atoms with Gasteiger partial charge in [-0.1, -0.05) is 52.4 Å². The van der Waals surface area contributed by atoms with Crippen LogP contribution in [0.4, 0.5) is 0 Å². The second-order valence-corrected chi connectivity index (χ2v) is 4.03. The van der Waals surface area contributed by atoms with Crippen LogP contribution in [0.5, 0.6) is 0 Å². The second-order valence-electron chi connectivity index (χ2n) is 4.03. The van der Waals surface area contributed by atoms with E-state index in [1.54, 1.807) is 0 Å². The average Bonchev–Trinajstić information content (AvgIpc) is 2.16. The molecule has 0 aliphatic heterocycles. The molecule has 0 amide bonds. The van der Waals surface area contributed by atoms with Gasteiger partial charge in [-0.05, 0) is 12.8 Å². The van der Waals surface area contributed by atoms with E-state index in [9.17, 15) is 4.79 Å². The summed E-state index contributed by atoms with van der Waals surface area (Å²) in [6.45, 7) is 4.28. The third-order valence-corrected chi connectivity index (χ3v) is 2.66. The molecule has 88 valence electrons. The molecular weight excluding hydrogens is 200 g/mol. The monoisotopic (exact) mass is 226 g/mol. The Morgan fingerprint density at radius 2 is 1.60 bits per heavy atom. The third kappa shape index (κ3) is 10.5. The molecule has 15 heavy (non-hydrogen) atoms. The molecule has 0 aliphatic rings. The number of carboxylic acids is 1. The van der Waals surface area contributed by atoms with Gasteiger partial charge >= 0.3 is 29.0 Å². The van der Waals surface area contributed by atoms with E-state index in [0.29, 0.717) is 0 Å². The van der Waals surface area contributed by atoms with Crippen molar-refractivity contribution < 1.29 is 12.8 Å². The van der Waals surface area contributed by atoms with Gasteiger partial charge in [0.05, 0.1) is 5.92 Å². The molecule has 1 atom stereocenters. The fourth-order valence-corrected chi connectivity index (χ4v) is 1.66. The van der Waals surface area contributed by atoms with E-state index in [4.69, 9.17) is 5.11 Å². The molecule has 0 aliphatic carbocycles. The van der Waals surface area contributed by atoms with Crippen LogP contribution in [0.3, 0.4) is 0 Å². The summed E-state index contributed by atoms with van der Waals surface area (Å²) in [6.07, 6.45) is 8.59. The van der Waals surface area contributed by atoms with Crippen molar-refractivity contribution in [2.45, 2.75) is 65.2 Å². The molecule has 0 saturated heterocycles. The van der Waals surface area contributed by atoms with Crippen molar-refractivity contribution in [2.24, 2.45) is 5.92 Å². The molecule has 1 unspecified atom stereocenters. The topological polar surface area (TPSA) is 37.3 Å². The maximum Gasteiger partial charge on any atom is 2.00 e. The van der Waals surface area contributed by atoms with Crippen LogP contribution in [0.1, 0.15) is 68.1 Å². The fraction of sp³-hybridized carbons (Fsp3) is 0.917. The normalized spacial score (nSPS) is 11.9. The van der Waals surface area contributed by atoms with Gasteiger partial charge in [-0.3, -0.25) is 4.79 Å². The molecule has 0 aromatic rings. The van der Waals surface area contributed by atoms with Gasteiger partial charge in [0.15, 0.2) is 0 Å². The Morgan fingerprint density at radius 1 is 1.07 bits per heavy atom. The van der Waals surface area contributed by atoms with Gasteiger partial charge in [-0.15, -0.1) is 0 Å². The third-order valence-electron chi connectivity index (χ3n) is 2.66. The van der Waals surface area contributed by atoms with Crippen molar-refractivity contribution in [3.8, 4) is 0 Å². The van der Waals surface area contributed by atoms with Crippen LogP contribution in [0.15, 0.2) is 0 Å². The Hall–Kier alpha value is 0.236. The first-order valence-corrected chi connectivity index (χ1v) is 5.95. The summed E-state index contributed by atoms with van der Waals surface area (Å²) in [5.74, 6) is -0.693. The first kappa shape index (κ1) is 17.6. The summed E-state index contributed by atoms with van der Waals surface area (Å²) in [4.78, 5) is 10.9. The summed E-state index contributed by atoms with van der Waals surface area (Å²) in [6, 6.07) is 0. The zero-order chi connectivity index (χ0) is 10.8. The van der Waals surface area contributed by atoms with Crippen molar-refractivity contribution in [1.82, 2.24) is 0 Å². The van der Waals surface area contributed by atoms with Crippen LogP contribution in [0.25, 0.3) is 0 Å². The molecule has 2 nitrogen and oxygen atoms in total. The Kier molecular flexibility index (Phi) is 14.5. The largest absolute Gasteiger partial charge is 2.00 e. The van der Waals surface area contributed by atoms with Crippen molar-refractivity contribution in [3.63, 3.8) is 0 Å². The summed E-state index contributed by atoms with van der Waals surface area (Å²) in [5.41, 5.74) is 0. The molecule has 0 heterocycles. The zero-order valence-electron chi connectivity index (χ0n) is 12.3. The molecule has 0 aromatic heterocycles. The van der Waals surface area contributed by atoms with E-state index < -0.39 is 5.97 Å². The van der Waals surface area contributed by atoms with Crippen LogP contribution in [0.2, 0.25) is 0 Å². The summed E-state index contributed by atoms with van der Waals surface area (Å²) < 4.78 is 0. The number of hydrogen-bond donors (Lipinski definition) is 1. The molecule has 0 radical (unpaired) electrons. The van der Waals surface area contributed by atoms with E-state index in [2.05, 4.69) is 13.8 Å². The maximum atomic E-state index is 10.9. The Morgan fingerprint density at radius 3 is 2.07 bits per heavy atom. The van der Waals surface area contributed by atoms with Crippen molar-refractivity contribution >= 4 is 29.0 Å². The minimum Gasteiger partial charge on any atom is -1.00 e. The maximum absolute atomic E-state index is 10.9. The van der Waals surface area contributed by atoms with Gasteiger partial charge in [-0.2, -0.15) is 0 Å². The van der Waals surface area contributed by atoms with E-state index in [1.165, 1.54) is 19.3 Å². The summed E-state index contributed by atoms with van der Waals surface area (Å²) >= 11 is 0. The number of aliphatic carboxylic acids is 1. The van der Waals surface area contributed by atoms with Crippen LogP contribution in [0, 0.1) is 5.92 Å². The van der Waals surface area contributed by atoms with Crippen LogP contribution >= 0.6 is 0 Å². The average molecular weight is 227 g/mol. The van der Waals surface area contributed by atoms with Gasteiger partial charge in [0.2, 0.25) is 0 Å². The van der Waals surface area contributed by atoms with Gasteiger partial charge in [-0.25, -0.2) is 0 Å².